The molecule has 0 aliphatic carbocycles. The Morgan fingerprint density at radius 3 is 2.31 bits per heavy atom. The van der Waals surface area contributed by atoms with Gasteiger partial charge in [-0.25, -0.2) is 0 Å². The molecule has 0 aromatic heterocycles. The molecule has 0 amide bonds. The molecule has 0 saturated heterocycles. The number of hydrogen-bond donors (Lipinski definition) is 1. The Hall–Kier alpha value is 0.916. The summed E-state index contributed by atoms with van der Waals surface area (Å²) in [5.74, 6) is 0. The molecule has 0 saturated carbocycles. The smallest absolute Gasteiger partial charge is 0.324 e. The van der Waals surface area contributed by atoms with E-state index in [1.807, 2.05) is 0 Å². The van der Waals surface area contributed by atoms with Crippen molar-refractivity contribution in [3.05, 3.63) is 0 Å². The van der Waals surface area contributed by atoms with Crippen LogP contribution in [0.2, 0.25) is 0 Å². The van der Waals surface area contributed by atoms with Gasteiger partial charge in [0.2, 0.25) is 0 Å². The van der Waals surface area contributed by atoms with Crippen molar-refractivity contribution in [3.8, 4) is 0 Å². The second kappa shape index (κ2) is 9.47. The minimum absolute atomic E-state index is 0. The van der Waals surface area contributed by atoms with Gasteiger partial charge in [0.05, 0.1) is 6.61 Å². The zero-order chi connectivity index (χ0) is 9.45. The van der Waals surface area contributed by atoms with E-state index in [2.05, 4.69) is 6.92 Å². The number of rotatable bonds is 7. The lowest BCUT2D eigenvalue weighted by Gasteiger charge is -2.09. The van der Waals surface area contributed by atoms with E-state index in [1.54, 1.807) is 6.92 Å². The van der Waals surface area contributed by atoms with Crippen molar-refractivity contribution in [1.29, 1.82) is 0 Å². The monoisotopic (exact) mass is 220 g/mol. The van der Waals surface area contributed by atoms with Crippen LogP contribution in [0.4, 0.5) is 0 Å². The molecular weight excluding hydrogens is 199 g/mol. The molecule has 3 nitrogen and oxygen atoms in total. The molecule has 0 aromatic rings. The molecule has 1 N–H and O–H groups in total. The quantitative estimate of drug-likeness (QED) is 0.405. The Morgan fingerprint density at radius 2 is 1.85 bits per heavy atom. The van der Waals surface area contributed by atoms with E-state index in [9.17, 15) is 4.57 Å². The lowest BCUT2D eigenvalue weighted by molar-refractivity contribution is 0.273. The van der Waals surface area contributed by atoms with Gasteiger partial charge < -0.3 is 9.42 Å². The first-order valence-corrected chi connectivity index (χ1v) is 6.35. The van der Waals surface area contributed by atoms with Gasteiger partial charge in [-0.05, 0) is 13.3 Å². The van der Waals surface area contributed by atoms with Crippen LogP contribution in [0.15, 0.2) is 0 Å². The zero-order valence-electron chi connectivity index (χ0n) is 7.95. The fourth-order valence-corrected chi connectivity index (χ4v) is 2.16. The van der Waals surface area contributed by atoms with Gasteiger partial charge in [-0.3, -0.25) is 4.57 Å². The van der Waals surface area contributed by atoms with Crippen LogP contribution in [0, 0.1) is 0 Å². The Bertz CT molecular complexity index is 152. The zero-order valence-corrected chi connectivity index (χ0v) is 8.85. The van der Waals surface area contributed by atoms with E-state index in [0.29, 0.717) is 12.8 Å². The molecular formula is C8H21MgO3P. The second-order valence-electron chi connectivity index (χ2n) is 2.84. The Labute approximate surface area is 96.9 Å². The topological polar surface area (TPSA) is 46.5 Å². The van der Waals surface area contributed by atoms with Crippen LogP contribution in [0.3, 0.4) is 0 Å². The Kier molecular flexibility index (Phi) is 11.9. The van der Waals surface area contributed by atoms with E-state index in [-0.39, 0.29) is 23.1 Å². The highest BCUT2D eigenvalue weighted by molar-refractivity contribution is 7.52. The normalized spacial score (nSPS) is 14.7. The van der Waals surface area contributed by atoms with Crippen molar-refractivity contribution in [2.45, 2.75) is 39.5 Å². The Morgan fingerprint density at radius 1 is 1.23 bits per heavy atom. The van der Waals surface area contributed by atoms with E-state index < -0.39 is 7.60 Å². The third kappa shape index (κ3) is 10.8. The van der Waals surface area contributed by atoms with E-state index in [1.165, 1.54) is 0 Å². The van der Waals surface area contributed by atoms with Gasteiger partial charge >= 0.3 is 30.6 Å². The molecule has 0 radical (unpaired) electrons. The van der Waals surface area contributed by atoms with Crippen molar-refractivity contribution in [2.24, 2.45) is 0 Å². The SMILES string of the molecule is CCCCCCP(=O)(O)OCC.[MgH2]. The summed E-state index contributed by atoms with van der Waals surface area (Å²) in [5, 5.41) is 0. The summed E-state index contributed by atoms with van der Waals surface area (Å²) in [4.78, 5) is 9.15. The molecule has 0 heterocycles. The first-order valence-electron chi connectivity index (χ1n) is 4.58. The van der Waals surface area contributed by atoms with Crippen molar-refractivity contribution >= 4 is 30.6 Å². The van der Waals surface area contributed by atoms with Crippen LogP contribution in [-0.2, 0) is 9.09 Å². The lowest BCUT2D eigenvalue weighted by atomic mass is 10.2. The first kappa shape index (κ1) is 16.3. The summed E-state index contributed by atoms with van der Waals surface area (Å²) >= 11 is 0. The summed E-state index contributed by atoms with van der Waals surface area (Å²) in [5.41, 5.74) is 0. The fourth-order valence-electron chi connectivity index (χ4n) is 1.00. The maximum absolute atomic E-state index is 11.1. The van der Waals surface area contributed by atoms with Crippen molar-refractivity contribution in [3.63, 3.8) is 0 Å². The van der Waals surface area contributed by atoms with Gasteiger partial charge in [-0.2, -0.15) is 0 Å². The van der Waals surface area contributed by atoms with Crippen molar-refractivity contribution in [2.75, 3.05) is 12.8 Å². The Balaban J connectivity index is 0. The third-order valence-electron chi connectivity index (χ3n) is 1.63. The molecule has 78 valence electrons. The number of hydrogen-bond acceptors (Lipinski definition) is 2. The molecule has 5 heteroatoms. The summed E-state index contributed by atoms with van der Waals surface area (Å²) in [7, 11) is -3.23. The third-order valence-corrected chi connectivity index (χ3v) is 3.17. The summed E-state index contributed by atoms with van der Waals surface area (Å²) < 4.78 is 15.8. The average Bonchev–Trinajstić information content (AvgIpc) is 1.98. The molecule has 0 aliphatic heterocycles. The molecule has 0 aromatic carbocycles. The van der Waals surface area contributed by atoms with E-state index in [4.69, 9.17) is 9.42 Å². The standard InChI is InChI=1S/C8H19O3P.Mg.2H/c1-3-5-6-7-8-12(9,10)11-4-2;;;/h3-8H2,1-2H3,(H,9,10);;;. The van der Waals surface area contributed by atoms with Gasteiger partial charge in [0, 0.05) is 6.16 Å². The van der Waals surface area contributed by atoms with Crippen LogP contribution in [0.25, 0.3) is 0 Å². The van der Waals surface area contributed by atoms with Crippen LogP contribution < -0.4 is 0 Å². The molecule has 1 atom stereocenters. The fraction of sp³-hybridized carbons (Fsp3) is 1.00. The van der Waals surface area contributed by atoms with Crippen LogP contribution in [0.5, 0.6) is 0 Å². The molecule has 0 aliphatic rings. The van der Waals surface area contributed by atoms with Gasteiger partial charge in [-0.15, -0.1) is 0 Å². The summed E-state index contributed by atoms with van der Waals surface area (Å²) in [6, 6.07) is 0. The first-order chi connectivity index (χ1) is 5.62. The highest BCUT2D eigenvalue weighted by atomic mass is 31.2. The maximum Gasteiger partial charge on any atom is 0.328 e. The highest BCUT2D eigenvalue weighted by Crippen LogP contribution is 2.42. The predicted molar refractivity (Wildman–Crippen MR) is 59.0 cm³/mol. The van der Waals surface area contributed by atoms with Crippen LogP contribution in [0.1, 0.15) is 39.5 Å². The largest absolute Gasteiger partial charge is 0.328 e. The molecule has 0 spiro atoms. The second-order valence-corrected chi connectivity index (χ2v) is 4.82. The van der Waals surface area contributed by atoms with E-state index >= 15 is 0 Å². The minimum atomic E-state index is -3.23. The molecule has 1 unspecified atom stereocenters. The summed E-state index contributed by atoms with van der Waals surface area (Å²) in [6.45, 7) is 4.16. The van der Waals surface area contributed by atoms with Crippen LogP contribution >= 0.6 is 7.60 Å². The van der Waals surface area contributed by atoms with Crippen molar-refractivity contribution < 1.29 is 14.0 Å². The molecule has 13 heavy (non-hydrogen) atoms. The lowest BCUT2D eigenvalue weighted by Crippen LogP contribution is -1.94. The molecule has 0 rings (SSSR count). The predicted octanol–water partition coefficient (Wildman–Crippen LogP) is 1.87. The summed E-state index contributed by atoms with van der Waals surface area (Å²) in [6.07, 6.45) is 4.40. The van der Waals surface area contributed by atoms with Gasteiger partial charge in [0.1, 0.15) is 0 Å². The maximum atomic E-state index is 11.1. The highest BCUT2D eigenvalue weighted by Gasteiger charge is 2.16. The van der Waals surface area contributed by atoms with Crippen LogP contribution in [-0.4, -0.2) is 40.7 Å². The van der Waals surface area contributed by atoms with Gasteiger partial charge in [-0.1, -0.05) is 26.2 Å². The van der Waals surface area contributed by atoms with Crippen molar-refractivity contribution in [1.82, 2.24) is 0 Å². The molecule has 0 bridgehead atoms. The van der Waals surface area contributed by atoms with E-state index in [0.717, 1.165) is 25.7 Å². The van der Waals surface area contributed by atoms with Gasteiger partial charge in [0.15, 0.2) is 0 Å². The van der Waals surface area contributed by atoms with Gasteiger partial charge in [0.25, 0.3) is 0 Å². The minimum Gasteiger partial charge on any atom is -0.324 e. The average molecular weight is 221 g/mol. The number of unbranched alkanes of at least 4 members (excludes halogenated alkanes) is 3. The molecule has 0 fully saturated rings.